The van der Waals surface area contributed by atoms with E-state index in [-0.39, 0.29) is 17.1 Å². The van der Waals surface area contributed by atoms with Crippen LogP contribution in [0.2, 0.25) is 0 Å². The lowest BCUT2D eigenvalue weighted by atomic mass is 10.2. The SMILES string of the molecule is CNS(=O)(=O)c1ccc(NCC(=O)Nc2cccc(C)c2)c([N+](=O)[O-])c1. The van der Waals surface area contributed by atoms with Crippen LogP contribution in [0.1, 0.15) is 5.56 Å². The predicted molar refractivity (Wildman–Crippen MR) is 97.6 cm³/mol. The minimum Gasteiger partial charge on any atom is -0.371 e. The number of rotatable bonds is 7. The average molecular weight is 378 g/mol. The molecule has 0 unspecified atom stereocenters. The van der Waals surface area contributed by atoms with E-state index in [9.17, 15) is 23.3 Å². The highest BCUT2D eigenvalue weighted by molar-refractivity contribution is 7.89. The van der Waals surface area contributed by atoms with Crippen LogP contribution >= 0.6 is 0 Å². The molecule has 0 aliphatic carbocycles. The fourth-order valence-corrected chi connectivity index (χ4v) is 2.95. The number of nitrogens with zero attached hydrogens (tertiary/aromatic N) is 1. The van der Waals surface area contributed by atoms with Gasteiger partial charge in [0.15, 0.2) is 0 Å². The zero-order valence-corrected chi connectivity index (χ0v) is 15.0. The van der Waals surface area contributed by atoms with E-state index in [4.69, 9.17) is 0 Å². The third kappa shape index (κ3) is 4.77. The number of amides is 1. The number of sulfonamides is 1. The van der Waals surface area contributed by atoms with Gasteiger partial charge in [-0.15, -0.1) is 0 Å². The minimum atomic E-state index is -3.81. The highest BCUT2D eigenvalue weighted by Crippen LogP contribution is 2.27. The lowest BCUT2D eigenvalue weighted by Crippen LogP contribution is -2.22. The van der Waals surface area contributed by atoms with Crippen LogP contribution in [0.25, 0.3) is 0 Å². The van der Waals surface area contributed by atoms with Gasteiger partial charge in [0.05, 0.1) is 16.4 Å². The van der Waals surface area contributed by atoms with E-state index >= 15 is 0 Å². The van der Waals surface area contributed by atoms with Crippen LogP contribution < -0.4 is 15.4 Å². The number of anilines is 2. The summed E-state index contributed by atoms with van der Waals surface area (Å²) in [6.07, 6.45) is 0. The van der Waals surface area contributed by atoms with Crippen LogP contribution in [0.5, 0.6) is 0 Å². The molecule has 2 aromatic carbocycles. The van der Waals surface area contributed by atoms with Gasteiger partial charge in [-0.1, -0.05) is 12.1 Å². The number of nitro groups is 1. The first-order valence-corrected chi connectivity index (χ1v) is 9.03. The van der Waals surface area contributed by atoms with Crippen LogP contribution in [-0.2, 0) is 14.8 Å². The molecule has 26 heavy (non-hydrogen) atoms. The van der Waals surface area contributed by atoms with Gasteiger partial charge in [0, 0.05) is 11.8 Å². The van der Waals surface area contributed by atoms with Crippen molar-refractivity contribution >= 4 is 33.0 Å². The van der Waals surface area contributed by atoms with Crippen LogP contribution in [0.4, 0.5) is 17.1 Å². The molecule has 0 fully saturated rings. The van der Waals surface area contributed by atoms with Gasteiger partial charge in [0.25, 0.3) is 5.69 Å². The molecule has 3 N–H and O–H groups in total. The molecule has 10 heteroatoms. The van der Waals surface area contributed by atoms with Gasteiger partial charge in [-0.05, 0) is 43.8 Å². The van der Waals surface area contributed by atoms with Crippen molar-refractivity contribution in [3.05, 3.63) is 58.1 Å². The van der Waals surface area contributed by atoms with Crippen LogP contribution in [-0.4, -0.2) is 32.8 Å². The van der Waals surface area contributed by atoms with Crippen molar-refractivity contribution in [3.8, 4) is 0 Å². The molecule has 0 aliphatic heterocycles. The van der Waals surface area contributed by atoms with Crippen LogP contribution in [0.15, 0.2) is 47.4 Å². The average Bonchev–Trinajstić information content (AvgIpc) is 2.59. The summed E-state index contributed by atoms with van der Waals surface area (Å²) in [5.41, 5.74) is 1.20. The predicted octanol–water partition coefficient (Wildman–Crippen LogP) is 1.86. The largest absolute Gasteiger partial charge is 0.371 e. The maximum Gasteiger partial charge on any atom is 0.293 e. The molecule has 0 spiro atoms. The molecule has 0 heterocycles. The standard InChI is InChI=1S/C16H18N4O5S/c1-11-4-3-5-12(8-11)19-16(21)10-18-14-7-6-13(26(24,25)17-2)9-15(14)20(22)23/h3-9,17-18H,10H2,1-2H3,(H,19,21). The Bertz CT molecular complexity index is 943. The molecule has 1 amide bonds. The Hall–Kier alpha value is -2.98. The number of carbonyl (C=O) groups is 1. The Kier molecular flexibility index (Phi) is 5.90. The molecule has 0 bridgehead atoms. The molecule has 0 saturated carbocycles. The van der Waals surface area contributed by atoms with Crippen molar-refractivity contribution in [1.82, 2.24) is 4.72 Å². The molecule has 0 aliphatic rings. The summed E-state index contributed by atoms with van der Waals surface area (Å²) in [6, 6.07) is 10.6. The fraction of sp³-hybridized carbons (Fsp3) is 0.188. The zero-order chi connectivity index (χ0) is 19.3. The Labute approximate surface area is 150 Å². The van der Waals surface area contributed by atoms with E-state index in [1.165, 1.54) is 19.2 Å². The van der Waals surface area contributed by atoms with Crippen LogP contribution in [0, 0.1) is 17.0 Å². The Balaban J connectivity index is 2.13. The van der Waals surface area contributed by atoms with Crippen molar-refractivity contribution in [1.29, 1.82) is 0 Å². The fourth-order valence-electron chi connectivity index (χ4n) is 2.20. The van der Waals surface area contributed by atoms with Crippen LogP contribution in [0.3, 0.4) is 0 Å². The number of aryl methyl sites for hydroxylation is 1. The molecular weight excluding hydrogens is 360 g/mol. The zero-order valence-electron chi connectivity index (χ0n) is 14.1. The van der Waals surface area contributed by atoms with E-state index < -0.39 is 26.5 Å². The summed E-state index contributed by atoms with van der Waals surface area (Å²) in [5.74, 6) is -0.392. The van der Waals surface area contributed by atoms with Gasteiger partial charge in [0.2, 0.25) is 15.9 Å². The summed E-state index contributed by atoms with van der Waals surface area (Å²) < 4.78 is 25.6. The molecule has 0 radical (unpaired) electrons. The van der Waals surface area contributed by atoms with Crippen molar-refractivity contribution < 1.29 is 18.1 Å². The monoisotopic (exact) mass is 378 g/mol. The Morgan fingerprint density at radius 3 is 2.54 bits per heavy atom. The van der Waals surface area contributed by atoms with Crippen molar-refractivity contribution in [2.24, 2.45) is 0 Å². The second kappa shape index (κ2) is 7.93. The van der Waals surface area contributed by atoms with E-state index in [0.29, 0.717) is 5.69 Å². The van der Waals surface area contributed by atoms with Crippen molar-refractivity contribution in [2.45, 2.75) is 11.8 Å². The first kappa shape index (κ1) is 19.3. The maximum absolute atomic E-state index is 12.0. The summed E-state index contributed by atoms with van der Waals surface area (Å²) >= 11 is 0. The highest BCUT2D eigenvalue weighted by Gasteiger charge is 2.20. The number of carbonyl (C=O) groups excluding carboxylic acids is 1. The Morgan fingerprint density at radius 1 is 1.19 bits per heavy atom. The lowest BCUT2D eigenvalue weighted by molar-refractivity contribution is -0.384. The molecular formula is C16H18N4O5S. The van der Waals surface area contributed by atoms with Gasteiger partial charge >= 0.3 is 0 Å². The van der Waals surface area contributed by atoms with E-state index in [1.807, 2.05) is 13.0 Å². The maximum atomic E-state index is 12.0. The quantitative estimate of drug-likeness (QED) is 0.498. The minimum absolute atomic E-state index is 0.0458. The molecule has 0 atom stereocenters. The van der Waals surface area contributed by atoms with Gasteiger partial charge in [-0.3, -0.25) is 14.9 Å². The molecule has 0 aromatic heterocycles. The van der Waals surface area contributed by atoms with Gasteiger partial charge in [-0.25, -0.2) is 13.1 Å². The van der Waals surface area contributed by atoms with E-state index in [0.717, 1.165) is 11.6 Å². The second-order valence-electron chi connectivity index (χ2n) is 5.41. The second-order valence-corrected chi connectivity index (χ2v) is 7.30. The first-order chi connectivity index (χ1) is 12.2. The smallest absolute Gasteiger partial charge is 0.293 e. The highest BCUT2D eigenvalue weighted by atomic mass is 32.2. The molecule has 2 aromatic rings. The van der Waals surface area contributed by atoms with E-state index in [2.05, 4.69) is 15.4 Å². The lowest BCUT2D eigenvalue weighted by Gasteiger charge is -2.10. The van der Waals surface area contributed by atoms with E-state index in [1.54, 1.807) is 18.2 Å². The third-order valence-corrected chi connectivity index (χ3v) is 4.90. The first-order valence-electron chi connectivity index (χ1n) is 7.55. The van der Waals surface area contributed by atoms with Gasteiger partial charge in [0.1, 0.15) is 5.69 Å². The number of nitro benzene ring substituents is 1. The summed E-state index contributed by atoms with van der Waals surface area (Å²) in [7, 11) is -2.60. The molecule has 0 saturated heterocycles. The molecule has 9 nitrogen and oxygen atoms in total. The topological polar surface area (TPSA) is 130 Å². The number of nitrogens with one attached hydrogen (secondary N) is 3. The Morgan fingerprint density at radius 2 is 1.92 bits per heavy atom. The molecule has 138 valence electrons. The normalized spacial score (nSPS) is 11.0. The van der Waals surface area contributed by atoms with Gasteiger partial charge < -0.3 is 10.6 Å². The number of hydrogen-bond acceptors (Lipinski definition) is 6. The number of hydrogen-bond donors (Lipinski definition) is 3. The van der Waals surface area contributed by atoms with Crippen molar-refractivity contribution in [3.63, 3.8) is 0 Å². The summed E-state index contributed by atoms with van der Waals surface area (Å²) in [4.78, 5) is 22.3. The number of benzene rings is 2. The third-order valence-electron chi connectivity index (χ3n) is 3.49. The molecule has 2 rings (SSSR count). The summed E-state index contributed by atoms with van der Waals surface area (Å²) in [6.45, 7) is 1.67. The van der Waals surface area contributed by atoms with Crippen molar-refractivity contribution in [2.75, 3.05) is 24.2 Å². The summed E-state index contributed by atoms with van der Waals surface area (Å²) in [5, 5.41) is 16.5. The van der Waals surface area contributed by atoms with Gasteiger partial charge in [-0.2, -0.15) is 0 Å².